The average Bonchev–Trinajstić information content (AvgIpc) is 2.21. The molecule has 1 saturated heterocycles. The Morgan fingerprint density at radius 1 is 0.706 bits per heavy atom. The zero-order valence-corrected chi connectivity index (χ0v) is 12.5. The summed E-state index contributed by atoms with van der Waals surface area (Å²) in [5, 5.41) is 0. The Labute approximate surface area is 109 Å². The van der Waals surface area contributed by atoms with Crippen LogP contribution in [-0.2, 0) is 0 Å². The molecule has 1 aliphatic rings. The fourth-order valence-electron chi connectivity index (χ4n) is 3.45. The first-order valence-electron chi connectivity index (χ1n) is 7.76. The molecule has 0 saturated carbocycles. The van der Waals surface area contributed by atoms with Crippen LogP contribution in [0.2, 0.25) is 0 Å². The van der Waals surface area contributed by atoms with E-state index in [9.17, 15) is 0 Å². The minimum absolute atomic E-state index is 0.864. The number of rotatable bonds is 0. The van der Waals surface area contributed by atoms with Gasteiger partial charge in [0.25, 0.3) is 0 Å². The van der Waals surface area contributed by atoms with Crippen LogP contribution in [0.3, 0.4) is 0 Å². The number of hydrogen-bond acceptors (Lipinski definition) is 1. The van der Waals surface area contributed by atoms with E-state index in [1.165, 1.54) is 58.0 Å². The highest BCUT2D eigenvalue weighted by Gasteiger charge is 2.13. The third kappa shape index (κ3) is 7.08. The van der Waals surface area contributed by atoms with Gasteiger partial charge in [-0.1, -0.05) is 52.9 Å². The molecule has 0 aromatic carbocycles. The van der Waals surface area contributed by atoms with Crippen LogP contribution in [0, 0.1) is 17.8 Å². The van der Waals surface area contributed by atoms with Crippen LogP contribution in [0.1, 0.15) is 65.7 Å². The van der Waals surface area contributed by atoms with Gasteiger partial charge in [-0.2, -0.15) is 0 Å². The third-order valence-electron chi connectivity index (χ3n) is 4.20. The Bertz CT molecular complexity index is 170. The van der Waals surface area contributed by atoms with Crippen molar-refractivity contribution in [3.63, 3.8) is 0 Å². The van der Waals surface area contributed by atoms with Gasteiger partial charge in [-0.25, -0.2) is 0 Å². The normalized spacial score (nSPS) is 35.6. The van der Waals surface area contributed by atoms with Crippen LogP contribution in [-0.4, -0.2) is 25.0 Å². The highest BCUT2D eigenvalue weighted by Crippen LogP contribution is 2.21. The molecular weight excluding hydrogens is 206 g/mol. The van der Waals surface area contributed by atoms with Crippen molar-refractivity contribution >= 4 is 0 Å². The molecule has 1 nitrogen and oxygen atoms in total. The fraction of sp³-hybridized carbons (Fsp3) is 1.00. The van der Waals surface area contributed by atoms with Crippen LogP contribution in [0.25, 0.3) is 0 Å². The molecule has 3 atom stereocenters. The summed E-state index contributed by atoms with van der Waals surface area (Å²) >= 11 is 0. The maximum atomic E-state index is 2.56. The SMILES string of the molecule is CC1CCCCCCC(C)CN(C)CC(C)C1. The van der Waals surface area contributed by atoms with Crippen LogP contribution in [0.5, 0.6) is 0 Å². The van der Waals surface area contributed by atoms with E-state index in [0.29, 0.717) is 0 Å². The van der Waals surface area contributed by atoms with Crippen LogP contribution in [0.4, 0.5) is 0 Å². The second-order valence-corrected chi connectivity index (χ2v) is 6.76. The summed E-state index contributed by atoms with van der Waals surface area (Å²) in [7, 11) is 2.30. The maximum Gasteiger partial charge on any atom is 0.000418 e. The summed E-state index contributed by atoms with van der Waals surface area (Å²) in [5.74, 6) is 2.67. The molecular formula is C16H33N. The Kier molecular flexibility index (Phi) is 7.18. The summed E-state index contributed by atoms with van der Waals surface area (Å²) in [5.41, 5.74) is 0. The van der Waals surface area contributed by atoms with Crippen molar-refractivity contribution in [1.29, 1.82) is 0 Å². The van der Waals surface area contributed by atoms with E-state index in [4.69, 9.17) is 0 Å². The Morgan fingerprint density at radius 2 is 1.24 bits per heavy atom. The van der Waals surface area contributed by atoms with Gasteiger partial charge < -0.3 is 4.90 Å². The van der Waals surface area contributed by atoms with Crippen LogP contribution >= 0.6 is 0 Å². The highest BCUT2D eigenvalue weighted by atomic mass is 15.1. The first kappa shape index (κ1) is 15.0. The Balaban J connectivity index is 2.42. The van der Waals surface area contributed by atoms with Crippen molar-refractivity contribution in [1.82, 2.24) is 4.90 Å². The summed E-state index contributed by atoms with van der Waals surface area (Å²) in [6, 6.07) is 0. The summed E-state index contributed by atoms with van der Waals surface area (Å²) in [6.45, 7) is 9.87. The van der Waals surface area contributed by atoms with Gasteiger partial charge in [-0.3, -0.25) is 0 Å². The monoisotopic (exact) mass is 239 g/mol. The first-order valence-corrected chi connectivity index (χ1v) is 7.76. The van der Waals surface area contributed by atoms with Crippen LogP contribution < -0.4 is 0 Å². The minimum Gasteiger partial charge on any atom is -0.306 e. The maximum absolute atomic E-state index is 2.56. The number of hydrogen-bond donors (Lipinski definition) is 0. The van der Waals surface area contributed by atoms with Gasteiger partial charge in [-0.05, 0) is 37.6 Å². The van der Waals surface area contributed by atoms with Gasteiger partial charge in [0.05, 0.1) is 0 Å². The van der Waals surface area contributed by atoms with Gasteiger partial charge in [-0.15, -0.1) is 0 Å². The van der Waals surface area contributed by atoms with Crippen molar-refractivity contribution in [2.75, 3.05) is 20.1 Å². The first-order chi connectivity index (χ1) is 8.08. The summed E-state index contributed by atoms with van der Waals surface area (Å²) in [4.78, 5) is 2.56. The molecule has 1 aliphatic heterocycles. The lowest BCUT2D eigenvalue weighted by Gasteiger charge is -2.25. The molecule has 17 heavy (non-hydrogen) atoms. The smallest absolute Gasteiger partial charge is 0.000418 e. The van der Waals surface area contributed by atoms with E-state index >= 15 is 0 Å². The van der Waals surface area contributed by atoms with E-state index in [-0.39, 0.29) is 0 Å². The minimum atomic E-state index is 0.864. The molecule has 1 heteroatoms. The second kappa shape index (κ2) is 8.13. The molecule has 102 valence electrons. The molecule has 1 fully saturated rings. The van der Waals surface area contributed by atoms with E-state index in [0.717, 1.165) is 17.8 Å². The molecule has 0 amide bonds. The van der Waals surface area contributed by atoms with Gasteiger partial charge in [0, 0.05) is 13.1 Å². The summed E-state index contributed by atoms with van der Waals surface area (Å²) < 4.78 is 0. The van der Waals surface area contributed by atoms with Crippen molar-refractivity contribution in [3.05, 3.63) is 0 Å². The topological polar surface area (TPSA) is 3.24 Å². The molecule has 0 aromatic heterocycles. The largest absolute Gasteiger partial charge is 0.306 e. The quantitative estimate of drug-likeness (QED) is 0.598. The van der Waals surface area contributed by atoms with Gasteiger partial charge >= 0.3 is 0 Å². The third-order valence-corrected chi connectivity index (χ3v) is 4.20. The molecule has 0 N–H and O–H groups in total. The van der Waals surface area contributed by atoms with Crippen molar-refractivity contribution in [2.45, 2.75) is 65.7 Å². The molecule has 0 radical (unpaired) electrons. The molecule has 0 bridgehead atoms. The zero-order valence-electron chi connectivity index (χ0n) is 12.5. The molecule has 0 aromatic rings. The molecule has 0 aliphatic carbocycles. The molecule has 3 unspecified atom stereocenters. The van der Waals surface area contributed by atoms with E-state index in [1.54, 1.807) is 0 Å². The van der Waals surface area contributed by atoms with Gasteiger partial charge in [0.15, 0.2) is 0 Å². The van der Waals surface area contributed by atoms with Crippen molar-refractivity contribution in [2.24, 2.45) is 17.8 Å². The molecule has 0 spiro atoms. The zero-order chi connectivity index (χ0) is 12.7. The Hall–Kier alpha value is -0.0400. The predicted octanol–water partition coefficient (Wildman–Crippen LogP) is 4.57. The molecule has 1 heterocycles. The lowest BCUT2D eigenvalue weighted by molar-refractivity contribution is 0.227. The standard InChI is InChI=1S/C16H33N/c1-14-9-7-5-6-8-10-15(2)12-17(4)13-16(3)11-14/h14-16H,5-13H2,1-4H3. The van der Waals surface area contributed by atoms with Crippen molar-refractivity contribution in [3.8, 4) is 0 Å². The van der Waals surface area contributed by atoms with E-state index in [2.05, 4.69) is 32.7 Å². The molecule has 1 rings (SSSR count). The van der Waals surface area contributed by atoms with E-state index < -0.39 is 0 Å². The lowest BCUT2D eigenvalue weighted by atomic mass is 9.92. The van der Waals surface area contributed by atoms with Gasteiger partial charge in [0.2, 0.25) is 0 Å². The van der Waals surface area contributed by atoms with E-state index in [1.807, 2.05) is 0 Å². The lowest BCUT2D eigenvalue weighted by Crippen LogP contribution is -2.29. The number of nitrogens with zero attached hydrogens (tertiary/aromatic N) is 1. The fourth-order valence-corrected chi connectivity index (χ4v) is 3.45. The van der Waals surface area contributed by atoms with Crippen molar-refractivity contribution < 1.29 is 0 Å². The second-order valence-electron chi connectivity index (χ2n) is 6.76. The summed E-state index contributed by atoms with van der Waals surface area (Å²) in [6.07, 6.45) is 10.1. The Morgan fingerprint density at radius 3 is 1.88 bits per heavy atom. The van der Waals surface area contributed by atoms with Gasteiger partial charge in [0.1, 0.15) is 0 Å². The average molecular weight is 239 g/mol. The highest BCUT2D eigenvalue weighted by molar-refractivity contribution is 4.67. The van der Waals surface area contributed by atoms with Crippen LogP contribution in [0.15, 0.2) is 0 Å². The predicted molar refractivity (Wildman–Crippen MR) is 77.3 cm³/mol.